The zero-order valence-corrected chi connectivity index (χ0v) is 21.3. The molecule has 3 heterocycles. The molecule has 1 aliphatic rings. The maximum atomic E-state index is 13.5. The van der Waals surface area contributed by atoms with Crippen LogP contribution >= 0.6 is 0 Å². The fraction of sp³-hybridized carbons (Fsp3) is 0.0667. The first-order valence-corrected chi connectivity index (χ1v) is 12.5. The van der Waals surface area contributed by atoms with Gasteiger partial charge in [-0.3, -0.25) is 14.6 Å². The Morgan fingerprint density at radius 1 is 0.875 bits per heavy atom. The summed E-state index contributed by atoms with van der Waals surface area (Å²) in [5.41, 5.74) is 6.70. The van der Waals surface area contributed by atoms with Crippen LogP contribution in [0.1, 0.15) is 18.1 Å². The van der Waals surface area contributed by atoms with E-state index in [1.807, 2.05) is 73.7 Å². The fourth-order valence-electron chi connectivity index (χ4n) is 4.30. The van der Waals surface area contributed by atoms with Crippen LogP contribution in [0.25, 0.3) is 22.3 Å². The summed E-state index contributed by atoms with van der Waals surface area (Å²) in [5, 5.41) is 17.7. The molecule has 1 amide bonds. The van der Waals surface area contributed by atoms with Crippen LogP contribution in [-0.4, -0.2) is 38.0 Å². The van der Waals surface area contributed by atoms with Crippen LogP contribution in [0.4, 0.5) is 5.69 Å². The third-order valence-corrected chi connectivity index (χ3v) is 6.36. The number of amides is 1. The van der Waals surface area contributed by atoms with Crippen LogP contribution < -0.4 is 11.0 Å². The lowest BCUT2D eigenvalue weighted by Gasteiger charge is -2.11. The van der Waals surface area contributed by atoms with Gasteiger partial charge in [-0.15, -0.1) is 0 Å². The zero-order valence-electron chi connectivity index (χ0n) is 21.3. The van der Waals surface area contributed by atoms with E-state index in [1.54, 1.807) is 36.7 Å². The van der Waals surface area contributed by atoms with E-state index >= 15 is 0 Å². The minimum Gasteiger partial charge on any atom is -0.270 e. The van der Waals surface area contributed by atoms with E-state index in [0.717, 1.165) is 11.1 Å². The summed E-state index contributed by atoms with van der Waals surface area (Å²) in [6.45, 7) is 1.83. The van der Waals surface area contributed by atoms with Crippen LogP contribution in [0.15, 0.2) is 129 Å². The van der Waals surface area contributed by atoms with Gasteiger partial charge >= 0.3 is 0 Å². The Morgan fingerprint density at radius 2 is 1.62 bits per heavy atom. The van der Waals surface area contributed by atoms with E-state index in [-0.39, 0.29) is 11.5 Å². The first kappa shape index (κ1) is 24.7. The largest absolute Gasteiger partial charge is 0.282 e. The van der Waals surface area contributed by atoms with Gasteiger partial charge in [0.05, 0.1) is 22.3 Å². The minimum atomic E-state index is -0.865. The monoisotopic (exact) mass is 526 g/mol. The smallest absolute Gasteiger partial charge is 0.270 e. The highest BCUT2D eigenvalue weighted by molar-refractivity contribution is 6.19. The zero-order chi connectivity index (χ0) is 27.5. The molecular formula is C30H22N8O2. The SMILES string of the molecule is C/C(=N/n1c(-c2ccccc2)nc2ccccc2c1=O)c1ccc(N=NC2C(=O)NN=C2c2cccnc2)cc1. The van der Waals surface area contributed by atoms with Gasteiger partial charge in [0.25, 0.3) is 11.5 Å². The molecule has 0 bridgehead atoms. The number of nitrogens with one attached hydrogen (secondary N) is 1. The average Bonchev–Trinajstić information content (AvgIpc) is 3.38. The summed E-state index contributed by atoms with van der Waals surface area (Å²) in [5.74, 6) is 0.0980. The predicted molar refractivity (Wildman–Crippen MR) is 153 cm³/mol. The van der Waals surface area contributed by atoms with E-state index in [1.165, 1.54) is 4.68 Å². The van der Waals surface area contributed by atoms with Crippen molar-refractivity contribution in [2.45, 2.75) is 13.0 Å². The molecule has 194 valence electrons. The molecule has 0 radical (unpaired) electrons. The highest BCUT2D eigenvalue weighted by Crippen LogP contribution is 2.21. The van der Waals surface area contributed by atoms with Crippen LogP contribution in [0.5, 0.6) is 0 Å². The van der Waals surface area contributed by atoms with E-state index in [2.05, 4.69) is 30.8 Å². The Hall–Kier alpha value is -5.64. The number of carbonyl (C=O) groups excluding carboxylic acids is 1. The Kier molecular flexibility index (Phi) is 6.55. The fourth-order valence-corrected chi connectivity index (χ4v) is 4.30. The Bertz CT molecular complexity index is 1860. The van der Waals surface area contributed by atoms with Crippen molar-refractivity contribution >= 4 is 33.9 Å². The van der Waals surface area contributed by atoms with Gasteiger partial charge in [0.1, 0.15) is 5.71 Å². The van der Waals surface area contributed by atoms with Gasteiger partial charge in [0, 0.05) is 23.5 Å². The van der Waals surface area contributed by atoms with E-state index < -0.39 is 6.04 Å². The van der Waals surface area contributed by atoms with E-state index in [0.29, 0.717) is 39.4 Å². The summed E-state index contributed by atoms with van der Waals surface area (Å²) in [4.78, 5) is 34.6. The third-order valence-electron chi connectivity index (χ3n) is 6.36. The number of hydrogen-bond donors (Lipinski definition) is 1. The molecule has 0 saturated heterocycles. The van der Waals surface area contributed by atoms with Crippen LogP contribution in [-0.2, 0) is 4.79 Å². The molecule has 1 atom stereocenters. The molecule has 10 heteroatoms. The van der Waals surface area contributed by atoms with Crippen LogP contribution in [0.3, 0.4) is 0 Å². The summed E-state index contributed by atoms with van der Waals surface area (Å²) in [6.07, 6.45) is 3.27. The average molecular weight is 527 g/mol. The number of rotatable bonds is 6. The normalized spacial score (nSPS) is 15.4. The van der Waals surface area contributed by atoms with Crippen molar-refractivity contribution in [3.63, 3.8) is 0 Å². The van der Waals surface area contributed by atoms with Gasteiger partial charge in [0.15, 0.2) is 11.9 Å². The predicted octanol–water partition coefficient (Wildman–Crippen LogP) is 4.72. The molecule has 1 unspecified atom stereocenters. The highest BCUT2D eigenvalue weighted by atomic mass is 16.2. The van der Waals surface area contributed by atoms with Crippen LogP contribution in [0, 0.1) is 0 Å². The molecule has 0 saturated carbocycles. The number of nitrogens with zero attached hydrogens (tertiary/aromatic N) is 7. The van der Waals surface area contributed by atoms with Gasteiger partial charge in [-0.05, 0) is 48.9 Å². The Morgan fingerprint density at radius 3 is 2.40 bits per heavy atom. The number of hydrazone groups is 1. The number of para-hydroxylation sites is 1. The van der Waals surface area contributed by atoms with Gasteiger partial charge in [-0.2, -0.15) is 25.1 Å². The van der Waals surface area contributed by atoms with Crippen molar-refractivity contribution < 1.29 is 4.79 Å². The van der Waals surface area contributed by atoms with Crippen molar-refractivity contribution in [3.05, 3.63) is 125 Å². The standard InChI is InChI=1S/C30H22N8O2/c1-19(37-38-28(21-8-3-2-4-9-21)32-25-12-6-5-11-24(25)30(38)40)20-13-15-23(16-14-20)33-35-27-26(34-36-29(27)39)22-10-7-17-31-18-22/h2-18,27H,1H3,(H,36,39)/b35-33?,37-19-. The molecule has 1 aliphatic heterocycles. The molecule has 1 N–H and O–H groups in total. The van der Waals surface area contributed by atoms with Gasteiger partial charge in [-0.25, -0.2) is 10.4 Å². The summed E-state index contributed by atoms with van der Waals surface area (Å²) in [6, 6.07) is 26.6. The molecule has 3 aromatic carbocycles. The third kappa shape index (κ3) is 4.81. The maximum Gasteiger partial charge on any atom is 0.282 e. The summed E-state index contributed by atoms with van der Waals surface area (Å²) in [7, 11) is 0. The Balaban J connectivity index is 1.30. The second kappa shape index (κ2) is 10.6. The van der Waals surface area contributed by atoms with Gasteiger partial charge in [0.2, 0.25) is 0 Å². The highest BCUT2D eigenvalue weighted by Gasteiger charge is 2.31. The van der Waals surface area contributed by atoms with Crippen molar-refractivity contribution in [2.75, 3.05) is 0 Å². The lowest BCUT2D eigenvalue weighted by atomic mass is 10.1. The van der Waals surface area contributed by atoms with Crippen LogP contribution in [0.2, 0.25) is 0 Å². The number of fused-ring (bicyclic) bond motifs is 1. The van der Waals surface area contributed by atoms with E-state index in [4.69, 9.17) is 4.98 Å². The van der Waals surface area contributed by atoms with Crippen molar-refractivity contribution in [2.24, 2.45) is 20.4 Å². The molecule has 0 aliphatic carbocycles. The van der Waals surface area contributed by atoms with Crippen molar-refractivity contribution in [3.8, 4) is 11.4 Å². The lowest BCUT2D eigenvalue weighted by Crippen LogP contribution is -2.27. The number of azo groups is 1. The second-order valence-electron chi connectivity index (χ2n) is 9.00. The topological polar surface area (TPSA) is 126 Å². The first-order valence-electron chi connectivity index (χ1n) is 12.5. The summed E-state index contributed by atoms with van der Waals surface area (Å²) < 4.78 is 1.35. The van der Waals surface area contributed by atoms with E-state index in [9.17, 15) is 9.59 Å². The number of benzene rings is 3. The number of carbonyl (C=O) groups is 1. The molecule has 6 rings (SSSR count). The van der Waals surface area contributed by atoms with Crippen molar-refractivity contribution in [1.29, 1.82) is 0 Å². The van der Waals surface area contributed by atoms with Gasteiger partial charge < -0.3 is 0 Å². The van der Waals surface area contributed by atoms with Crippen molar-refractivity contribution in [1.82, 2.24) is 20.1 Å². The first-order chi connectivity index (χ1) is 19.6. The Labute approximate surface area is 228 Å². The second-order valence-corrected chi connectivity index (χ2v) is 9.00. The number of aromatic nitrogens is 3. The molecule has 5 aromatic rings. The molecule has 40 heavy (non-hydrogen) atoms. The lowest BCUT2D eigenvalue weighted by molar-refractivity contribution is -0.120. The quantitative estimate of drug-likeness (QED) is 0.254. The number of pyridine rings is 1. The van der Waals surface area contributed by atoms with Gasteiger partial charge in [-0.1, -0.05) is 54.6 Å². The molecule has 0 spiro atoms. The number of hydrogen-bond acceptors (Lipinski definition) is 8. The molecular weight excluding hydrogens is 504 g/mol. The summed E-state index contributed by atoms with van der Waals surface area (Å²) >= 11 is 0. The molecule has 2 aromatic heterocycles. The molecule has 0 fully saturated rings. The minimum absolute atomic E-state index is 0.254. The maximum absolute atomic E-state index is 13.5. The molecule has 10 nitrogen and oxygen atoms in total.